The van der Waals surface area contributed by atoms with Crippen molar-refractivity contribution in [2.45, 2.75) is 6.92 Å². The third-order valence-electron chi connectivity index (χ3n) is 2.71. The van der Waals surface area contributed by atoms with E-state index in [-0.39, 0.29) is 11.0 Å². The molecule has 0 radical (unpaired) electrons. The lowest BCUT2D eigenvalue weighted by atomic mass is 10.2. The fraction of sp³-hybridized carbons (Fsp3) is 0.0667. The van der Waals surface area contributed by atoms with Gasteiger partial charge in [0.05, 0.1) is 0 Å². The summed E-state index contributed by atoms with van der Waals surface area (Å²) in [5, 5.41) is 6.44. The van der Waals surface area contributed by atoms with E-state index in [1.165, 1.54) is 0 Å². The number of thiocarbonyl (C=S) groups is 1. The van der Waals surface area contributed by atoms with Crippen LogP contribution in [-0.2, 0) is 0 Å². The number of aryl methyl sites for hydroxylation is 1. The van der Waals surface area contributed by atoms with Crippen molar-refractivity contribution in [1.82, 2.24) is 5.32 Å². The summed E-state index contributed by atoms with van der Waals surface area (Å²) in [7, 11) is 0. The molecular weight excluding hydrogens is 292 g/mol. The molecule has 0 bridgehead atoms. The fourth-order valence-corrected chi connectivity index (χ4v) is 2.02. The number of carbonyl (C=O) groups excluding carboxylic acids is 1. The summed E-state index contributed by atoms with van der Waals surface area (Å²) in [5.41, 5.74) is 2.32. The zero-order valence-electron chi connectivity index (χ0n) is 10.8. The molecule has 0 aliphatic carbocycles. The van der Waals surface area contributed by atoms with Gasteiger partial charge in [-0.1, -0.05) is 35.9 Å². The zero-order valence-corrected chi connectivity index (χ0v) is 12.4. The molecule has 3 nitrogen and oxygen atoms in total. The molecule has 0 unspecified atom stereocenters. The van der Waals surface area contributed by atoms with Gasteiger partial charge in [0.15, 0.2) is 5.11 Å². The first-order chi connectivity index (χ1) is 9.56. The molecule has 2 aromatic rings. The second-order valence-corrected chi connectivity index (χ2v) is 5.08. The topological polar surface area (TPSA) is 41.1 Å². The van der Waals surface area contributed by atoms with E-state index in [4.69, 9.17) is 23.8 Å². The van der Waals surface area contributed by atoms with Crippen LogP contribution in [0.5, 0.6) is 0 Å². The average Bonchev–Trinajstić information content (AvgIpc) is 2.43. The van der Waals surface area contributed by atoms with Gasteiger partial charge >= 0.3 is 0 Å². The highest BCUT2D eigenvalue weighted by molar-refractivity contribution is 7.80. The summed E-state index contributed by atoms with van der Waals surface area (Å²) in [6.07, 6.45) is 0. The molecule has 0 heterocycles. The number of benzene rings is 2. The van der Waals surface area contributed by atoms with Crippen LogP contribution in [0.1, 0.15) is 15.9 Å². The molecular formula is C15H13ClN2OS. The van der Waals surface area contributed by atoms with Gasteiger partial charge in [0.2, 0.25) is 0 Å². The van der Waals surface area contributed by atoms with E-state index in [1.54, 1.807) is 36.4 Å². The van der Waals surface area contributed by atoms with Crippen LogP contribution in [-0.4, -0.2) is 11.0 Å². The summed E-state index contributed by atoms with van der Waals surface area (Å²) < 4.78 is 0. The Bertz CT molecular complexity index is 644. The molecule has 0 aliphatic rings. The number of hydrogen-bond acceptors (Lipinski definition) is 2. The maximum absolute atomic E-state index is 11.9. The van der Waals surface area contributed by atoms with Crippen molar-refractivity contribution in [3.63, 3.8) is 0 Å². The molecule has 20 heavy (non-hydrogen) atoms. The molecule has 0 saturated heterocycles. The molecule has 5 heteroatoms. The third kappa shape index (κ3) is 3.79. The molecule has 2 rings (SSSR count). The quantitative estimate of drug-likeness (QED) is 0.830. The van der Waals surface area contributed by atoms with Crippen molar-refractivity contribution in [1.29, 1.82) is 0 Å². The van der Waals surface area contributed by atoms with Gasteiger partial charge in [0, 0.05) is 16.3 Å². The number of rotatable bonds is 2. The van der Waals surface area contributed by atoms with Crippen LogP contribution < -0.4 is 10.6 Å². The highest BCUT2D eigenvalue weighted by Gasteiger charge is 2.08. The second-order valence-electron chi connectivity index (χ2n) is 4.23. The van der Waals surface area contributed by atoms with Gasteiger partial charge in [0.25, 0.3) is 5.91 Å². The van der Waals surface area contributed by atoms with Gasteiger partial charge < -0.3 is 5.32 Å². The summed E-state index contributed by atoms with van der Waals surface area (Å²) in [4.78, 5) is 11.9. The van der Waals surface area contributed by atoms with E-state index in [9.17, 15) is 4.79 Å². The Balaban J connectivity index is 2.03. The monoisotopic (exact) mass is 304 g/mol. The van der Waals surface area contributed by atoms with Crippen molar-refractivity contribution in [3.05, 3.63) is 64.7 Å². The van der Waals surface area contributed by atoms with Gasteiger partial charge in [0.1, 0.15) is 0 Å². The lowest BCUT2D eigenvalue weighted by Crippen LogP contribution is -2.34. The number of halogens is 1. The van der Waals surface area contributed by atoms with E-state index < -0.39 is 0 Å². The molecule has 0 aromatic heterocycles. The number of carbonyl (C=O) groups is 1. The Kier molecular flexibility index (Phi) is 4.71. The van der Waals surface area contributed by atoms with E-state index in [0.29, 0.717) is 10.6 Å². The van der Waals surface area contributed by atoms with Gasteiger partial charge in [-0.15, -0.1) is 0 Å². The summed E-state index contributed by atoms with van der Waals surface area (Å²) in [5.74, 6) is -0.247. The Labute approximate surface area is 128 Å². The van der Waals surface area contributed by atoms with E-state index in [1.807, 2.05) is 19.1 Å². The van der Waals surface area contributed by atoms with Crippen LogP contribution in [0, 0.1) is 6.92 Å². The van der Waals surface area contributed by atoms with Gasteiger partial charge in [-0.3, -0.25) is 10.1 Å². The first kappa shape index (κ1) is 14.5. The lowest BCUT2D eigenvalue weighted by molar-refractivity contribution is 0.0978. The molecule has 102 valence electrons. The predicted molar refractivity (Wildman–Crippen MR) is 86.3 cm³/mol. The minimum absolute atomic E-state index is 0.240. The highest BCUT2D eigenvalue weighted by Crippen LogP contribution is 2.19. The highest BCUT2D eigenvalue weighted by atomic mass is 35.5. The van der Waals surface area contributed by atoms with Crippen molar-refractivity contribution in [2.24, 2.45) is 0 Å². The summed E-state index contributed by atoms with van der Waals surface area (Å²) in [6, 6.07) is 14.3. The lowest BCUT2D eigenvalue weighted by Gasteiger charge is -2.12. The SMILES string of the molecule is Cc1ccc(Cl)cc1NC(=S)NC(=O)c1ccccc1. The largest absolute Gasteiger partial charge is 0.332 e. The van der Waals surface area contributed by atoms with E-state index in [0.717, 1.165) is 11.3 Å². The van der Waals surface area contributed by atoms with Crippen LogP contribution in [0.2, 0.25) is 5.02 Å². The molecule has 2 aromatic carbocycles. The maximum atomic E-state index is 11.9. The summed E-state index contributed by atoms with van der Waals surface area (Å²) in [6.45, 7) is 1.93. The Morgan fingerprint density at radius 2 is 1.85 bits per heavy atom. The van der Waals surface area contributed by atoms with Crippen LogP contribution in [0.4, 0.5) is 5.69 Å². The molecule has 1 amide bonds. The van der Waals surface area contributed by atoms with Crippen molar-refractivity contribution >= 4 is 40.5 Å². The minimum atomic E-state index is -0.247. The average molecular weight is 305 g/mol. The molecule has 0 spiro atoms. The number of hydrogen-bond donors (Lipinski definition) is 2. The molecule has 0 aliphatic heterocycles. The first-order valence-corrected chi connectivity index (χ1v) is 6.78. The van der Waals surface area contributed by atoms with Crippen LogP contribution in [0.15, 0.2) is 48.5 Å². The van der Waals surface area contributed by atoms with E-state index >= 15 is 0 Å². The third-order valence-corrected chi connectivity index (χ3v) is 3.15. The molecule has 2 N–H and O–H groups in total. The Morgan fingerprint density at radius 3 is 2.55 bits per heavy atom. The van der Waals surface area contributed by atoms with Gasteiger partial charge in [-0.2, -0.15) is 0 Å². The number of nitrogens with one attached hydrogen (secondary N) is 2. The zero-order chi connectivity index (χ0) is 14.5. The molecule has 0 fully saturated rings. The van der Waals surface area contributed by atoms with Crippen molar-refractivity contribution < 1.29 is 4.79 Å². The van der Waals surface area contributed by atoms with Gasteiger partial charge in [-0.05, 0) is 49.0 Å². The summed E-state index contributed by atoms with van der Waals surface area (Å²) >= 11 is 11.1. The van der Waals surface area contributed by atoms with Crippen molar-refractivity contribution in [3.8, 4) is 0 Å². The van der Waals surface area contributed by atoms with Gasteiger partial charge in [-0.25, -0.2) is 0 Å². The Morgan fingerprint density at radius 1 is 1.15 bits per heavy atom. The van der Waals surface area contributed by atoms with Crippen LogP contribution in [0.25, 0.3) is 0 Å². The number of anilines is 1. The second kappa shape index (κ2) is 6.50. The van der Waals surface area contributed by atoms with Crippen LogP contribution in [0.3, 0.4) is 0 Å². The molecule has 0 saturated carbocycles. The maximum Gasteiger partial charge on any atom is 0.257 e. The molecule has 0 atom stereocenters. The predicted octanol–water partition coefficient (Wildman–Crippen LogP) is 3.78. The van der Waals surface area contributed by atoms with E-state index in [2.05, 4.69) is 10.6 Å². The standard InChI is InChI=1S/C15H13ClN2OS/c1-10-7-8-12(16)9-13(10)17-15(20)18-14(19)11-5-3-2-4-6-11/h2-9H,1H3,(H2,17,18,19,20). The first-order valence-electron chi connectivity index (χ1n) is 6.00. The normalized spacial score (nSPS) is 9.90. The van der Waals surface area contributed by atoms with Crippen LogP contribution >= 0.6 is 23.8 Å². The number of amides is 1. The smallest absolute Gasteiger partial charge is 0.257 e. The fourth-order valence-electron chi connectivity index (χ4n) is 1.65. The minimum Gasteiger partial charge on any atom is -0.332 e. The Hall–Kier alpha value is -1.91. The van der Waals surface area contributed by atoms with Crippen molar-refractivity contribution in [2.75, 3.05) is 5.32 Å².